The van der Waals surface area contributed by atoms with Gasteiger partial charge in [0.1, 0.15) is 0 Å². The number of fused-ring (bicyclic) bond motifs is 3. The van der Waals surface area contributed by atoms with Crippen LogP contribution in [0, 0.1) is 5.82 Å². The van der Waals surface area contributed by atoms with Gasteiger partial charge in [0.2, 0.25) is 5.88 Å². The summed E-state index contributed by atoms with van der Waals surface area (Å²) in [5.74, 6) is 0.700. The number of halogens is 1. The summed E-state index contributed by atoms with van der Waals surface area (Å²) in [6.45, 7) is 5.76. The van der Waals surface area contributed by atoms with Gasteiger partial charge in [-0.3, -0.25) is 0 Å². The molecule has 0 bridgehead atoms. The van der Waals surface area contributed by atoms with E-state index in [1.807, 2.05) is 30.3 Å². The lowest BCUT2D eigenvalue weighted by molar-refractivity contribution is 0.291. The van der Waals surface area contributed by atoms with Gasteiger partial charge in [-0.15, -0.1) is 0 Å². The van der Waals surface area contributed by atoms with Gasteiger partial charge in [-0.1, -0.05) is 110 Å². The lowest BCUT2D eigenvalue weighted by Gasteiger charge is -2.11. The maximum absolute atomic E-state index is 15.2. The van der Waals surface area contributed by atoms with Crippen molar-refractivity contribution in [3.63, 3.8) is 0 Å². The number of nitrogens with zero attached hydrogens (tertiary/aromatic N) is 1. The van der Waals surface area contributed by atoms with Gasteiger partial charge in [-0.05, 0) is 48.6 Å². The first kappa shape index (κ1) is 30.2. The summed E-state index contributed by atoms with van der Waals surface area (Å²) in [5, 5.41) is 2.37. The van der Waals surface area contributed by atoms with Crippen molar-refractivity contribution in [2.24, 2.45) is 0 Å². The summed E-state index contributed by atoms with van der Waals surface area (Å²) in [6, 6.07) is 11.3. The molecule has 0 saturated heterocycles. The van der Waals surface area contributed by atoms with Crippen molar-refractivity contribution in [3.8, 4) is 11.6 Å². The van der Waals surface area contributed by atoms with Crippen molar-refractivity contribution >= 4 is 21.7 Å². The third-order valence-corrected chi connectivity index (χ3v) is 7.49. The van der Waals surface area contributed by atoms with Crippen LogP contribution in [0.5, 0.6) is 11.6 Å². The summed E-state index contributed by atoms with van der Waals surface area (Å²) in [7, 11) is 0. The average molecular weight is 524 g/mol. The quantitative estimate of drug-likeness (QED) is 0.103. The second-order valence-corrected chi connectivity index (χ2v) is 10.8. The van der Waals surface area contributed by atoms with Crippen molar-refractivity contribution in [2.45, 2.75) is 123 Å². The Morgan fingerprint density at radius 2 is 1.03 bits per heavy atom. The van der Waals surface area contributed by atoms with Crippen molar-refractivity contribution in [3.05, 3.63) is 42.2 Å². The third kappa shape index (κ3) is 10.1. The molecule has 2 aromatic carbocycles. The van der Waals surface area contributed by atoms with Crippen molar-refractivity contribution in [1.82, 2.24) is 4.98 Å². The van der Waals surface area contributed by atoms with Gasteiger partial charge in [0.05, 0.1) is 18.7 Å². The van der Waals surface area contributed by atoms with Crippen LogP contribution in [0.25, 0.3) is 21.7 Å². The molecule has 0 aliphatic heterocycles. The minimum atomic E-state index is -0.282. The van der Waals surface area contributed by atoms with Crippen LogP contribution < -0.4 is 9.47 Å². The van der Waals surface area contributed by atoms with Crippen LogP contribution in [0.1, 0.15) is 123 Å². The predicted octanol–water partition coefficient (Wildman–Crippen LogP) is 11.0. The van der Waals surface area contributed by atoms with E-state index in [1.165, 1.54) is 89.9 Å². The molecule has 4 heteroatoms. The molecule has 0 N–H and O–H groups in total. The van der Waals surface area contributed by atoms with Gasteiger partial charge in [-0.2, -0.15) is 0 Å². The molecule has 1 heterocycles. The standard InChI is InChI=1S/C34H50FNO2/c1-3-5-7-9-11-12-13-15-16-18-26-37-32-24-21-28-29-22-25-33(36-31(29)23-20-30(28)34(32)35)38-27-19-17-14-10-8-6-4-2/h20-25H,3-19,26-27H2,1-2H3. The molecule has 3 aromatic rings. The first-order chi connectivity index (χ1) is 18.7. The second kappa shape index (κ2) is 18.0. The molecule has 210 valence electrons. The molecule has 3 rings (SSSR count). The van der Waals surface area contributed by atoms with E-state index in [1.54, 1.807) is 6.07 Å². The Morgan fingerprint density at radius 1 is 0.526 bits per heavy atom. The van der Waals surface area contributed by atoms with E-state index in [-0.39, 0.29) is 5.82 Å². The van der Waals surface area contributed by atoms with Crippen molar-refractivity contribution in [2.75, 3.05) is 13.2 Å². The van der Waals surface area contributed by atoms with E-state index in [2.05, 4.69) is 18.8 Å². The number of rotatable bonds is 21. The van der Waals surface area contributed by atoms with Gasteiger partial charge in [-0.25, -0.2) is 9.37 Å². The van der Waals surface area contributed by atoms with E-state index >= 15 is 4.39 Å². The van der Waals surface area contributed by atoms with E-state index in [0.717, 1.165) is 35.6 Å². The van der Waals surface area contributed by atoms with Crippen LogP contribution in [-0.4, -0.2) is 18.2 Å². The van der Waals surface area contributed by atoms with Gasteiger partial charge in [0, 0.05) is 16.8 Å². The normalized spacial score (nSPS) is 11.4. The Bertz CT molecular complexity index is 1070. The SMILES string of the molecule is CCCCCCCCCCCCOc1ccc2c(ccc3nc(OCCCCCCCCC)ccc32)c1F. The minimum absolute atomic E-state index is 0.282. The van der Waals surface area contributed by atoms with Crippen LogP contribution in [0.2, 0.25) is 0 Å². The molecule has 0 amide bonds. The molecule has 0 saturated carbocycles. The van der Waals surface area contributed by atoms with Gasteiger partial charge in [0.25, 0.3) is 0 Å². The maximum atomic E-state index is 15.2. The van der Waals surface area contributed by atoms with Gasteiger partial charge in [0.15, 0.2) is 11.6 Å². The number of pyridine rings is 1. The average Bonchev–Trinajstić information content (AvgIpc) is 2.94. The molecule has 0 aliphatic rings. The van der Waals surface area contributed by atoms with Crippen LogP contribution in [0.3, 0.4) is 0 Å². The maximum Gasteiger partial charge on any atom is 0.213 e. The minimum Gasteiger partial charge on any atom is -0.490 e. The number of aromatic nitrogens is 1. The topological polar surface area (TPSA) is 31.4 Å². The first-order valence-corrected chi connectivity index (χ1v) is 15.5. The summed E-state index contributed by atoms with van der Waals surface area (Å²) in [4.78, 5) is 4.67. The molecular weight excluding hydrogens is 473 g/mol. The van der Waals surface area contributed by atoms with Crippen molar-refractivity contribution in [1.29, 1.82) is 0 Å². The second-order valence-electron chi connectivity index (χ2n) is 10.8. The van der Waals surface area contributed by atoms with Crippen LogP contribution >= 0.6 is 0 Å². The number of hydrogen-bond donors (Lipinski definition) is 0. The zero-order chi connectivity index (χ0) is 26.8. The molecule has 0 spiro atoms. The Kier molecular flexibility index (Phi) is 14.3. The zero-order valence-corrected chi connectivity index (χ0v) is 24.0. The fourth-order valence-corrected chi connectivity index (χ4v) is 5.14. The van der Waals surface area contributed by atoms with Crippen LogP contribution in [0.15, 0.2) is 36.4 Å². The highest BCUT2D eigenvalue weighted by atomic mass is 19.1. The van der Waals surface area contributed by atoms with E-state index < -0.39 is 0 Å². The summed E-state index contributed by atoms with van der Waals surface area (Å²) < 4.78 is 27.0. The summed E-state index contributed by atoms with van der Waals surface area (Å²) in [6.07, 6.45) is 21.6. The van der Waals surface area contributed by atoms with Crippen LogP contribution in [-0.2, 0) is 0 Å². The summed E-state index contributed by atoms with van der Waals surface area (Å²) in [5.41, 5.74) is 0.827. The molecule has 1 aromatic heterocycles. The highest BCUT2D eigenvalue weighted by Gasteiger charge is 2.12. The largest absolute Gasteiger partial charge is 0.490 e. The fourth-order valence-electron chi connectivity index (χ4n) is 5.14. The van der Waals surface area contributed by atoms with E-state index in [0.29, 0.717) is 30.2 Å². The van der Waals surface area contributed by atoms with Gasteiger partial charge >= 0.3 is 0 Å². The molecule has 0 fully saturated rings. The Hall–Kier alpha value is -2.36. The molecule has 0 radical (unpaired) electrons. The number of benzene rings is 2. The van der Waals surface area contributed by atoms with Crippen molar-refractivity contribution < 1.29 is 13.9 Å². The highest BCUT2D eigenvalue weighted by molar-refractivity contribution is 6.06. The van der Waals surface area contributed by atoms with E-state index in [9.17, 15) is 0 Å². The molecular formula is C34H50FNO2. The molecule has 3 nitrogen and oxygen atoms in total. The number of unbranched alkanes of at least 4 members (excludes halogenated alkanes) is 15. The fraction of sp³-hybridized carbons (Fsp3) is 0.618. The number of hydrogen-bond acceptors (Lipinski definition) is 3. The monoisotopic (exact) mass is 523 g/mol. The summed E-state index contributed by atoms with van der Waals surface area (Å²) >= 11 is 0. The lowest BCUT2D eigenvalue weighted by Crippen LogP contribution is -2.00. The van der Waals surface area contributed by atoms with Gasteiger partial charge < -0.3 is 9.47 Å². The Labute approximate surface area is 230 Å². The molecule has 0 aliphatic carbocycles. The first-order valence-electron chi connectivity index (χ1n) is 15.5. The molecule has 0 atom stereocenters. The Balaban J connectivity index is 1.42. The number of ether oxygens (including phenoxy) is 2. The van der Waals surface area contributed by atoms with E-state index in [4.69, 9.17) is 9.47 Å². The highest BCUT2D eigenvalue weighted by Crippen LogP contribution is 2.32. The van der Waals surface area contributed by atoms with Crippen LogP contribution in [0.4, 0.5) is 4.39 Å². The zero-order valence-electron chi connectivity index (χ0n) is 24.0. The third-order valence-electron chi connectivity index (χ3n) is 7.49. The predicted molar refractivity (Wildman–Crippen MR) is 160 cm³/mol. The Morgan fingerprint density at radius 3 is 1.63 bits per heavy atom. The molecule has 38 heavy (non-hydrogen) atoms. The molecule has 0 unspecified atom stereocenters. The smallest absolute Gasteiger partial charge is 0.213 e. The lowest BCUT2D eigenvalue weighted by atomic mass is 10.0.